The van der Waals surface area contributed by atoms with E-state index in [1.54, 1.807) is 0 Å². The van der Waals surface area contributed by atoms with Crippen LogP contribution in [0.1, 0.15) is 39.3 Å². The molecule has 0 saturated carbocycles. The highest BCUT2D eigenvalue weighted by Crippen LogP contribution is 2.25. The molecule has 0 saturated heterocycles. The van der Waals surface area contributed by atoms with Crippen LogP contribution in [0.25, 0.3) is 0 Å². The number of nitrogens with two attached hydrogens (primary N) is 1. The summed E-state index contributed by atoms with van der Waals surface area (Å²) in [6, 6.07) is 13.3. The molecule has 106 valence electrons. The Labute approximate surface area is 122 Å². The van der Waals surface area contributed by atoms with Crippen LogP contribution < -0.4 is 5.73 Å². The van der Waals surface area contributed by atoms with E-state index in [9.17, 15) is 0 Å². The predicted molar refractivity (Wildman–Crippen MR) is 87.3 cm³/mol. The molecule has 0 aromatic heterocycles. The van der Waals surface area contributed by atoms with Gasteiger partial charge in [-0.05, 0) is 62.9 Å². The molecule has 1 unspecified atom stereocenters. The quantitative estimate of drug-likeness (QED) is 0.882. The second-order valence-corrected chi connectivity index (χ2v) is 5.92. The highest BCUT2D eigenvalue weighted by atomic mass is 14.5. The Morgan fingerprint density at radius 1 is 0.850 bits per heavy atom. The third-order valence-corrected chi connectivity index (χ3v) is 4.12. The standard InChI is InChI=1S/C19H25N/c1-13-5-7-17(8-6-13)18(12-20)11-19-15(3)9-14(2)10-16(19)4/h5-10,18H,11-12,20H2,1-4H3. The molecule has 1 heteroatoms. The Kier molecular flexibility index (Phi) is 4.61. The van der Waals surface area contributed by atoms with Crippen molar-refractivity contribution in [3.63, 3.8) is 0 Å². The monoisotopic (exact) mass is 267 g/mol. The third kappa shape index (κ3) is 3.29. The number of rotatable bonds is 4. The van der Waals surface area contributed by atoms with Crippen molar-refractivity contribution in [3.05, 3.63) is 69.8 Å². The van der Waals surface area contributed by atoms with Gasteiger partial charge in [0.05, 0.1) is 0 Å². The molecule has 0 heterocycles. The van der Waals surface area contributed by atoms with Gasteiger partial charge in [-0.15, -0.1) is 0 Å². The Hall–Kier alpha value is -1.60. The number of aryl methyl sites for hydroxylation is 4. The predicted octanol–water partition coefficient (Wildman–Crippen LogP) is 4.21. The van der Waals surface area contributed by atoms with Crippen LogP contribution in [-0.2, 0) is 6.42 Å². The highest BCUT2D eigenvalue weighted by molar-refractivity contribution is 5.39. The molecule has 2 aromatic carbocycles. The molecule has 0 spiro atoms. The van der Waals surface area contributed by atoms with E-state index in [4.69, 9.17) is 5.73 Å². The second-order valence-electron chi connectivity index (χ2n) is 5.92. The van der Waals surface area contributed by atoms with Crippen LogP contribution in [0.3, 0.4) is 0 Å². The Balaban J connectivity index is 2.29. The van der Waals surface area contributed by atoms with Gasteiger partial charge in [0.25, 0.3) is 0 Å². The first-order valence-corrected chi connectivity index (χ1v) is 7.34. The van der Waals surface area contributed by atoms with E-state index in [0.29, 0.717) is 12.5 Å². The maximum atomic E-state index is 6.02. The summed E-state index contributed by atoms with van der Waals surface area (Å²) in [5.41, 5.74) is 14.2. The van der Waals surface area contributed by atoms with E-state index in [0.717, 1.165) is 6.42 Å². The fourth-order valence-corrected chi connectivity index (χ4v) is 2.95. The third-order valence-electron chi connectivity index (χ3n) is 4.12. The van der Waals surface area contributed by atoms with E-state index in [1.165, 1.54) is 33.4 Å². The van der Waals surface area contributed by atoms with Crippen LogP contribution in [0.5, 0.6) is 0 Å². The minimum atomic E-state index is 0.399. The van der Waals surface area contributed by atoms with Crippen molar-refractivity contribution in [2.45, 2.75) is 40.0 Å². The summed E-state index contributed by atoms with van der Waals surface area (Å²) in [6.45, 7) is 9.38. The summed E-state index contributed by atoms with van der Waals surface area (Å²) in [4.78, 5) is 0. The van der Waals surface area contributed by atoms with Gasteiger partial charge < -0.3 is 5.73 Å². The number of hydrogen-bond donors (Lipinski definition) is 1. The van der Waals surface area contributed by atoms with Crippen molar-refractivity contribution in [3.8, 4) is 0 Å². The topological polar surface area (TPSA) is 26.0 Å². The Bertz CT molecular complexity index is 558. The zero-order chi connectivity index (χ0) is 14.7. The second kappa shape index (κ2) is 6.23. The minimum absolute atomic E-state index is 0.399. The van der Waals surface area contributed by atoms with E-state index in [2.05, 4.69) is 64.1 Å². The first kappa shape index (κ1) is 14.8. The average Bonchev–Trinajstić information content (AvgIpc) is 2.39. The lowest BCUT2D eigenvalue weighted by atomic mass is 9.87. The molecular weight excluding hydrogens is 242 g/mol. The number of hydrogen-bond acceptors (Lipinski definition) is 1. The van der Waals surface area contributed by atoms with Gasteiger partial charge in [0.2, 0.25) is 0 Å². The van der Waals surface area contributed by atoms with Gasteiger partial charge in [-0.2, -0.15) is 0 Å². The van der Waals surface area contributed by atoms with Gasteiger partial charge >= 0.3 is 0 Å². The first-order chi connectivity index (χ1) is 9.51. The van der Waals surface area contributed by atoms with Gasteiger partial charge in [-0.3, -0.25) is 0 Å². The summed E-state index contributed by atoms with van der Waals surface area (Å²) in [5, 5.41) is 0. The van der Waals surface area contributed by atoms with Crippen LogP contribution in [-0.4, -0.2) is 6.54 Å². The molecule has 2 rings (SSSR count). The normalized spacial score (nSPS) is 12.4. The van der Waals surface area contributed by atoms with Crippen molar-refractivity contribution in [1.29, 1.82) is 0 Å². The molecule has 0 bridgehead atoms. The largest absolute Gasteiger partial charge is 0.330 e. The molecule has 20 heavy (non-hydrogen) atoms. The van der Waals surface area contributed by atoms with E-state index in [-0.39, 0.29) is 0 Å². The van der Waals surface area contributed by atoms with Gasteiger partial charge in [-0.1, -0.05) is 47.5 Å². The summed E-state index contributed by atoms with van der Waals surface area (Å²) in [6.07, 6.45) is 1.03. The fraction of sp³-hybridized carbons (Fsp3) is 0.368. The molecular formula is C19H25N. The first-order valence-electron chi connectivity index (χ1n) is 7.34. The van der Waals surface area contributed by atoms with E-state index < -0.39 is 0 Å². The van der Waals surface area contributed by atoms with Crippen molar-refractivity contribution < 1.29 is 0 Å². The van der Waals surface area contributed by atoms with Crippen LogP contribution in [0.4, 0.5) is 0 Å². The van der Waals surface area contributed by atoms with E-state index >= 15 is 0 Å². The maximum Gasteiger partial charge on any atom is 0.000177 e. The molecule has 0 aliphatic heterocycles. The lowest BCUT2D eigenvalue weighted by Gasteiger charge is -2.19. The Morgan fingerprint density at radius 3 is 1.90 bits per heavy atom. The summed E-state index contributed by atoms with van der Waals surface area (Å²) in [5.74, 6) is 0.399. The SMILES string of the molecule is Cc1ccc(C(CN)Cc2c(C)cc(C)cc2C)cc1. The van der Waals surface area contributed by atoms with Crippen LogP contribution in [0.2, 0.25) is 0 Å². The maximum absolute atomic E-state index is 6.02. The molecule has 2 N–H and O–H groups in total. The van der Waals surface area contributed by atoms with Gasteiger partial charge in [0.1, 0.15) is 0 Å². The summed E-state index contributed by atoms with van der Waals surface area (Å²) < 4.78 is 0. The number of benzene rings is 2. The zero-order valence-electron chi connectivity index (χ0n) is 13.0. The molecule has 2 aromatic rings. The van der Waals surface area contributed by atoms with Crippen LogP contribution in [0, 0.1) is 27.7 Å². The fourth-order valence-electron chi connectivity index (χ4n) is 2.95. The molecule has 0 amide bonds. The molecule has 0 radical (unpaired) electrons. The molecule has 1 atom stereocenters. The minimum Gasteiger partial charge on any atom is -0.330 e. The van der Waals surface area contributed by atoms with Crippen molar-refractivity contribution in [2.24, 2.45) is 5.73 Å². The summed E-state index contributed by atoms with van der Waals surface area (Å²) in [7, 11) is 0. The van der Waals surface area contributed by atoms with Gasteiger partial charge in [0.15, 0.2) is 0 Å². The van der Waals surface area contributed by atoms with Crippen molar-refractivity contribution in [2.75, 3.05) is 6.54 Å². The van der Waals surface area contributed by atoms with Gasteiger partial charge in [0, 0.05) is 5.92 Å². The molecule has 0 fully saturated rings. The molecule has 0 aliphatic carbocycles. The van der Waals surface area contributed by atoms with Crippen molar-refractivity contribution in [1.82, 2.24) is 0 Å². The lowest BCUT2D eigenvalue weighted by molar-refractivity contribution is 0.689. The Morgan fingerprint density at radius 2 is 1.40 bits per heavy atom. The van der Waals surface area contributed by atoms with Crippen LogP contribution >= 0.6 is 0 Å². The highest BCUT2D eigenvalue weighted by Gasteiger charge is 2.13. The zero-order valence-corrected chi connectivity index (χ0v) is 13.0. The average molecular weight is 267 g/mol. The molecule has 1 nitrogen and oxygen atoms in total. The molecule has 0 aliphatic rings. The summed E-state index contributed by atoms with van der Waals surface area (Å²) >= 11 is 0. The van der Waals surface area contributed by atoms with Crippen LogP contribution in [0.15, 0.2) is 36.4 Å². The van der Waals surface area contributed by atoms with Crippen molar-refractivity contribution >= 4 is 0 Å². The lowest BCUT2D eigenvalue weighted by Crippen LogP contribution is -2.16. The van der Waals surface area contributed by atoms with Gasteiger partial charge in [-0.25, -0.2) is 0 Å². The van der Waals surface area contributed by atoms with E-state index in [1.807, 2.05) is 0 Å². The smallest absolute Gasteiger partial charge is 0.000177 e.